The van der Waals surface area contributed by atoms with Crippen molar-refractivity contribution >= 4 is 39.2 Å². The van der Waals surface area contributed by atoms with Gasteiger partial charge in [-0.1, -0.05) is 24.3 Å². The second-order valence-corrected chi connectivity index (χ2v) is 9.82. The minimum absolute atomic E-state index is 0.0270. The van der Waals surface area contributed by atoms with Crippen LogP contribution in [0.1, 0.15) is 15.9 Å². The van der Waals surface area contributed by atoms with Crippen molar-refractivity contribution in [1.29, 1.82) is 0 Å². The van der Waals surface area contributed by atoms with Crippen molar-refractivity contribution in [2.75, 3.05) is 28.4 Å². The van der Waals surface area contributed by atoms with E-state index < -0.39 is 27.0 Å². The van der Waals surface area contributed by atoms with Gasteiger partial charge in [0.15, 0.2) is 17.3 Å². The maximum Gasteiger partial charge on any atom is 0.315 e. The van der Waals surface area contributed by atoms with Crippen LogP contribution in [0.2, 0.25) is 0 Å². The first-order chi connectivity index (χ1) is 22.2. The summed E-state index contributed by atoms with van der Waals surface area (Å²) in [5.74, 6) is -1.41. The van der Waals surface area contributed by atoms with E-state index in [1.54, 1.807) is 48.5 Å². The highest BCUT2D eigenvalue weighted by atomic mass is 16.6. The molecule has 0 spiro atoms. The van der Waals surface area contributed by atoms with Crippen LogP contribution in [0.25, 0.3) is 44.8 Å². The number of aromatic amines is 2. The first-order valence-corrected chi connectivity index (χ1v) is 13.5. The van der Waals surface area contributed by atoms with Crippen LogP contribution in [0.3, 0.4) is 0 Å². The fourth-order valence-corrected chi connectivity index (χ4v) is 5.42. The molecule has 0 saturated heterocycles. The third kappa shape index (κ3) is 4.66. The summed E-state index contributed by atoms with van der Waals surface area (Å²) in [6.07, 6.45) is 0. The first-order valence-electron chi connectivity index (χ1n) is 13.5. The Balaban J connectivity index is 1.74. The van der Waals surface area contributed by atoms with Gasteiger partial charge in [0.25, 0.3) is 0 Å². The van der Waals surface area contributed by atoms with Gasteiger partial charge in [-0.15, -0.1) is 0 Å². The van der Waals surface area contributed by atoms with Crippen molar-refractivity contribution in [3.05, 3.63) is 92.0 Å². The molecule has 2 heterocycles. The number of carbonyl (C=O) groups is 1. The molecule has 4 aromatic carbocycles. The smallest absolute Gasteiger partial charge is 0.315 e. The molecule has 232 valence electrons. The molecule has 0 aliphatic carbocycles. The molecule has 15 heteroatoms. The quantitative estimate of drug-likeness (QED) is 0.105. The molecule has 0 unspecified atom stereocenters. The van der Waals surface area contributed by atoms with Gasteiger partial charge in [0.2, 0.25) is 11.5 Å². The Kier molecular flexibility index (Phi) is 7.41. The lowest BCUT2D eigenvalue weighted by molar-refractivity contribution is -0.385. The Morgan fingerprint density at radius 1 is 0.630 bits per heavy atom. The van der Waals surface area contributed by atoms with Crippen LogP contribution in [-0.2, 0) is 0 Å². The zero-order chi connectivity index (χ0) is 32.7. The van der Waals surface area contributed by atoms with Gasteiger partial charge in [-0.05, 0) is 24.3 Å². The Bertz CT molecular complexity index is 1990. The number of H-pyrrole nitrogens is 2. The maximum atomic E-state index is 14.8. The lowest BCUT2D eigenvalue weighted by atomic mass is 9.91. The third-order valence-corrected chi connectivity index (χ3v) is 7.38. The van der Waals surface area contributed by atoms with Gasteiger partial charge < -0.3 is 28.9 Å². The number of para-hydroxylation sites is 4. The zero-order valence-electron chi connectivity index (χ0n) is 24.7. The van der Waals surface area contributed by atoms with E-state index in [-0.39, 0.29) is 56.9 Å². The van der Waals surface area contributed by atoms with Gasteiger partial charge in [-0.2, -0.15) is 0 Å². The molecule has 0 aliphatic rings. The molecule has 46 heavy (non-hydrogen) atoms. The van der Waals surface area contributed by atoms with E-state index in [4.69, 9.17) is 18.9 Å². The minimum atomic E-state index is -0.862. The Morgan fingerprint density at radius 3 is 1.33 bits per heavy atom. The second kappa shape index (κ2) is 11.5. The van der Waals surface area contributed by atoms with E-state index in [9.17, 15) is 25.0 Å². The summed E-state index contributed by atoms with van der Waals surface area (Å²) >= 11 is 0. The van der Waals surface area contributed by atoms with Crippen LogP contribution in [-0.4, -0.2) is 64.0 Å². The molecule has 0 bridgehead atoms. The van der Waals surface area contributed by atoms with E-state index >= 15 is 0 Å². The fourth-order valence-electron chi connectivity index (χ4n) is 5.42. The minimum Gasteiger partial charge on any atom is -0.492 e. The third-order valence-electron chi connectivity index (χ3n) is 7.38. The van der Waals surface area contributed by atoms with Crippen LogP contribution in [0.5, 0.6) is 23.0 Å². The zero-order valence-corrected chi connectivity index (χ0v) is 24.7. The normalized spacial score (nSPS) is 11.0. The average Bonchev–Trinajstić information content (AvgIpc) is 3.70. The molecule has 0 radical (unpaired) electrons. The lowest BCUT2D eigenvalue weighted by Gasteiger charge is -2.18. The number of ether oxygens (including phenoxy) is 4. The van der Waals surface area contributed by atoms with Crippen LogP contribution in [0.4, 0.5) is 11.4 Å². The second-order valence-electron chi connectivity index (χ2n) is 9.82. The number of hydrogen-bond donors (Lipinski definition) is 2. The number of hydrogen-bond acceptors (Lipinski definition) is 11. The van der Waals surface area contributed by atoms with Gasteiger partial charge in [0.05, 0.1) is 71.5 Å². The van der Waals surface area contributed by atoms with Gasteiger partial charge in [0, 0.05) is 23.3 Å². The van der Waals surface area contributed by atoms with E-state index in [0.717, 1.165) is 12.1 Å². The summed E-state index contributed by atoms with van der Waals surface area (Å²) in [4.78, 5) is 53.4. The molecule has 0 fully saturated rings. The monoisotopic (exact) mass is 624 g/mol. The van der Waals surface area contributed by atoms with Crippen molar-refractivity contribution in [2.45, 2.75) is 0 Å². The van der Waals surface area contributed by atoms with E-state index in [0.29, 0.717) is 22.1 Å². The lowest BCUT2D eigenvalue weighted by Crippen LogP contribution is -2.12. The predicted octanol–water partition coefficient (Wildman–Crippen LogP) is 5.86. The number of nitro benzene ring substituents is 2. The predicted molar refractivity (Wildman–Crippen MR) is 166 cm³/mol. The average molecular weight is 625 g/mol. The van der Waals surface area contributed by atoms with Crippen molar-refractivity contribution in [2.24, 2.45) is 0 Å². The number of aromatic nitrogens is 4. The van der Waals surface area contributed by atoms with Gasteiger partial charge >= 0.3 is 11.4 Å². The van der Waals surface area contributed by atoms with Crippen LogP contribution in [0.15, 0.2) is 60.7 Å². The number of imidazole rings is 2. The van der Waals surface area contributed by atoms with Crippen molar-refractivity contribution < 1.29 is 33.6 Å². The maximum absolute atomic E-state index is 14.8. The highest BCUT2D eigenvalue weighted by Crippen LogP contribution is 2.50. The molecule has 6 aromatic rings. The first kappa shape index (κ1) is 29.6. The van der Waals surface area contributed by atoms with Crippen LogP contribution >= 0.6 is 0 Å². The number of benzene rings is 4. The van der Waals surface area contributed by atoms with Crippen LogP contribution in [0, 0.1) is 20.2 Å². The van der Waals surface area contributed by atoms with E-state index in [1.807, 2.05) is 0 Å². The number of carbonyl (C=O) groups excluding carboxylic acids is 1. The molecular weight excluding hydrogens is 600 g/mol. The molecule has 15 nitrogen and oxygen atoms in total. The molecular formula is C31H24N6O9. The largest absolute Gasteiger partial charge is 0.492 e. The summed E-state index contributed by atoms with van der Waals surface area (Å²) < 4.78 is 22.0. The van der Waals surface area contributed by atoms with Crippen molar-refractivity contribution in [1.82, 2.24) is 19.9 Å². The SMILES string of the molecule is COc1c([N+](=O)[O-])cc(C(=O)c2cc([N+](=O)[O-])c(OC)c(OC)c2-c2nc3ccccc3[nH]2)c(-c2nc3ccccc3[nH]2)c1OC. The summed E-state index contributed by atoms with van der Waals surface area (Å²) in [6.45, 7) is 0. The summed E-state index contributed by atoms with van der Waals surface area (Å²) in [7, 11) is 4.99. The number of fused-ring (bicyclic) bond motifs is 2. The standard InChI is InChI=1S/C31H24N6O9/c1-43-26-21(36(39)40)13-15(23(28(26)45-3)30-32-17-9-5-6-10-18(17)33-30)25(38)16-14-22(37(41)42)27(44-2)29(46-4)24(16)31-34-19-11-7-8-12-20(19)35-31/h5-14H,1-4H3,(H,32,33)(H,34,35). The van der Waals surface area contributed by atoms with Crippen molar-refractivity contribution in [3.8, 4) is 45.8 Å². The molecule has 0 amide bonds. The van der Waals surface area contributed by atoms with Crippen molar-refractivity contribution in [3.63, 3.8) is 0 Å². The fraction of sp³-hybridized carbons (Fsp3) is 0.129. The summed E-state index contributed by atoms with van der Waals surface area (Å²) in [6, 6.07) is 16.2. The molecule has 6 rings (SSSR count). The molecule has 0 atom stereocenters. The summed E-state index contributed by atoms with van der Waals surface area (Å²) in [5, 5.41) is 24.5. The number of ketones is 1. The topological polar surface area (TPSA) is 198 Å². The van der Waals surface area contributed by atoms with E-state index in [2.05, 4.69) is 19.9 Å². The Hall–Kier alpha value is -6.51. The Morgan fingerprint density at radius 2 is 1.00 bits per heavy atom. The van der Waals surface area contributed by atoms with Gasteiger partial charge in [-0.3, -0.25) is 25.0 Å². The Labute approximate surface area is 259 Å². The number of nitrogens with one attached hydrogen (secondary N) is 2. The van der Waals surface area contributed by atoms with E-state index in [1.165, 1.54) is 28.4 Å². The highest BCUT2D eigenvalue weighted by Gasteiger charge is 2.36. The number of nitrogens with zero attached hydrogens (tertiary/aromatic N) is 4. The number of nitro groups is 2. The van der Waals surface area contributed by atoms with Gasteiger partial charge in [-0.25, -0.2) is 9.97 Å². The molecule has 2 aromatic heterocycles. The highest BCUT2D eigenvalue weighted by molar-refractivity contribution is 6.18. The summed E-state index contributed by atoms with van der Waals surface area (Å²) in [5.41, 5.74) is 0.675. The number of rotatable bonds is 10. The number of methoxy groups -OCH3 is 4. The van der Waals surface area contributed by atoms with Crippen LogP contribution < -0.4 is 18.9 Å². The molecule has 0 aliphatic heterocycles. The molecule has 0 saturated carbocycles. The van der Waals surface area contributed by atoms with Gasteiger partial charge in [0.1, 0.15) is 11.6 Å². The molecule has 2 N–H and O–H groups in total.